The molecule has 1 unspecified atom stereocenters. The summed E-state index contributed by atoms with van der Waals surface area (Å²) in [6.45, 7) is 1.81. The number of hydrogen-bond acceptors (Lipinski definition) is 2. The minimum Gasteiger partial charge on any atom is -0.379 e. The maximum Gasteiger partial charge on any atom is 0.161 e. The first-order valence-electron chi connectivity index (χ1n) is 4.86. The number of halogens is 3. The lowest BCUT2D eigenvalue weighted by Gasteiger charge is -2.15. The van der Waals surface area contributed by atoms with Crippen LogP contribution in [0.3, 0.4) is 0 Å². The molecule has 0 aromatic heterocycles. The first-order chi connectivity index (χ1) is 7.58. The van der Waals surface area contributed by atoms with E-state index in [1.165, 1.54) is 0 Å². The molecule has 0 amide bonds. The predicted octanol–water partition coefficient (Wildman–Crippen LogP) is 3.21. The Balaban J connectivity index is 2.88. The molecule has 1 rings (SSSR count). The average molecular weight is 228 g/mol. The molecule has 0 aliphatic rings. The summed E-state index contributed by atoms with van der Waals surface area (Å²) < 4.78 is 38.7. The van der Waals surface area contributed by atoms with E-state index >= 15 is 0 Å². The number of rotatable bonds is 4. The third-order valence-corrected chi connectivity index (χ3v) is 2.20. The Labute approximate surface area is 91.7 Å². The third kappa shape index (κ3) is 2.89. The Morgan fingerprint density at radius 1 is 1.25 bits per heavy atom. The molecule has 5 heteroatoms. The Morgan fingerprint density at radius 3 is 2.44 bits per heavy atom. The SMILES string of the molecule is CCC(CC#N)Nc1cc(F)c(F)cc1F. The van der Waals surface area contributed by atoms with Crippen LogP contribution in [0, 0.1) is 28.8 Å². The molecule has 0 fully saturated rings. The second kappa shape index (κ2) is 5.40. The Morgan fingerprint density at radius 2 is 1.88 bits per heavy atom. The van der Waals surface area contributed by atoms with E-state index in [9.17, 15) is 13.2 Å². The molecule has 0 heterocycles. The van der Waals surface area contributed by atoms with Crippen molar-refractivity contribution in [1.82, 2.24) is 0 Å². The second-order valence-corrected chi connectivity index (χ2v) is 3.36. The average Bonchev–Trinajstić information content (AvgIpc) is 2.25. The van der Waals surface area contributed by atoms with E-state index in [1.54, 1.807) is 0 Å². The highest BCUT2D eigenvalue weighted by molar-refractivity contribution is 5.46. The predicted molar refractivity (Wildman–Crippen MR) is 54.2 cm³/mol. The lowest BCUT2D eigenvalue weighted by molar-refractivity contribution is 0.495. The molecule has 0 radical (unpaired) electrons. The number of hydrogen-bond donors (Lipinski definition) is 1. The molecule has 16 heavy (non-hydrogen) atoms. The van der Waals surface area contributed by atoms with Crippen LogP contribution in [0.5, 0.6) is 0 Å². The Bertz CT molecular complexity index is 412. The van der Waals surface area contributed by atoms with Gasteiger partial charge in [-0.2, -0.15) is 5.26 Å². The van der Waals surface area contributed by atoms with Crippen LogP contribution in [0.25, 0.3) is 0 Å². The van der Waals surface area contributed by atoms with Gasteiger partial charge in [0.25, 0.3) is 0 Å². The zero-order valence-electron chi connectivity index (χ0n) is 8.73. The van der Waals surface area contributed by atoms with E-state index in [2.05, 4.69) is 5.32 Å². The zero-order valence-corrected chi connectivity index (χ0v) is 8.73. The van der Waals surface area contributed by atoms with Gasteiger partial charge in [-0.25, -0.2) is 13.2 Å². The summed E-state index contributed by atoms with van der Waals surface area (Å²) in [5.74, 6) is -3.21. The number of benzene rings is 1. The van der Waals surface area contributed by atoms with Crippen LogP contribution in [0.4, 0.5) is 18.9 Å². The lowest BCUT2D eigenvalue weighted by atomic mass is 10.1. The quantitative estimate of drug-likeness (QED) is 0.803. The molecular formula is C11H11F3N2. The lowest BCUT2D eigenvalue weighted by Crippen LogP contribution is -2.18. The third-order valence-electron chi connectivity index (χ3n) is 2.20. The van der Waals surface area contributed by atoms with Crippen LogP contribution in [0.2, 0.25) is 0 Å². The van der Waals surface area contributed by atoms with Crippen LogP contribution < -0.4 is 5.32 Å². The smallest absolute Gasteiger partial charge is 0.161 e. The fourth-order valence-corrected chi connectivity index (χ4v) is 1.26. The minimum atomic E-state index is -1.23. The van der Waals surface area contributed by atoms with Crippen LogP contribution in [-0.2, 0) is 0 Å². The normalized spacial score (nSPS) is 11.9. The van der Waals surface area contributed by atoms with Gasteiger partial charge in [0, 0.05) is 18.2 Å². The number of nitriles is 1. The van der Waals surface area contributed by atoms with Crippen molar-refractivity contribution in [2.45, 2.75) is 25.8 Å². The van der Waals surface area contributed by atoms with Crippen molar-refractivity contribution in [2.75, 3.05) is 5.32 Å². The van der Waals surface area contributed by atoms with Crippen LogP contribution in [-0.4, -0.2) is 6.04 Å². The van der Waals surface area contributed by atoms with Gasteiger partial charge in [-0.1, -0.05) is 6.92 Å². The molecule has 1 aromatic rings. The van der Waals surface area contributed by atoms with Gasteiger partial charge in [0.1, 0.15) is 5.82 Å². The van der Waals surface area contributed by atoms with Gasteiger partial charge >= 0.3 is 0 Å². The summed E-state index contributed by atoms with van der Waals surface area (Å²) in [6, 6.07) is 2.90. The van der Waals surface area contributed by atoms with Gasteiger partial charge < -0.3 is 5.32 Å². The molecule has 86 valence electrons. The van der Waals surface area contributed by atoms with Gasteiger partial charge in [0.2, 0.25) is 0 Å². The van der Waals surface area contributed by atoms with Crippen molar-refractivity contribution in [1.29, 1.82) is 5.26 Å². The highest BCUT2D eigenvalue weighted by atomic mass is 19.2. The Hall–Kier alpha value is -1.70. The molecule has 0 aliphatic heterocycles. The molecule has 1 aromatic carbocycles. The van der Waals surface area contributed by atoms with Crippen molar-refractivity contribution in [3.63, 3.8) is 0 Å². The molecule has 1 N–H and O–H groups in total. The topological polar surface area (TPSA) is 35.8 Å². The van der Waals surface area contributed by atoms with Crippen molar-refractivity contribution < 1.29 is 13.2 Å². The maximum atomic E-state index is 13.2. The highest BCUT2D eigenvalue weighted by Gasteiger charge is 2.12. The molecule has 0 spiro atoms. The summed E-state index contributed by atoms with van der Waals surface area (Å²) in [5.41, 5.74) is -0.124. The van der Waals surface area contributed by atoms with Gasteiger partial charge in [-0.05, 0) is 6.42 Å². The van der Waals surface area contributed by atoms with E-state index in [0.29, 0.717) is 12.5 Å². The van der Waals surface area contributed by atoms with Crippen molar-refractivity contribution in [2.24, 2.45) is 0 Å². The number of nitrogens with zero attached hydrogens (tertiary/aromatic N) is 1. The maximum absolute atomic E-state index is 13.2. The van der Waals surface area contributed by atoms with E-state index in [4.69, 9.17) is 5.26 Å². The second-order valence-electron chi connectivity index (χ2n) is 3.36. The number of anilines is 1. The summed E-state index contributed by atoms with van der Waals surface area (Å²) in [6.07, 6.45) is 0.765. The Kier molecular flexibility index (Phi) is 4.18. The van der Waals surface area contributed by atoms with Gasteiger partial charge in [0.05, 0.1) is 18.2 Å². The summed E-state index contributed by atoms with van der Waals surface area (Å²) >= 11 is 0. The first kappa shape index (κ1) is 12.4. The molecule has 0 saturated heterocycles. The highest BCUT2D eigenvalue weighted by Crippen LogP contribution is 2.20. The molecule has 0 saturated carbocycles. The summed E-state index contributed by atoms with van der Waals surface area (Å²) in [4.78, 5) is 0. The fourth-order valence-electron chi connectivity index (χ4n) is 1.26. The summed E-state index contributed by atoms with van der Waals surface area (Å²) in [5, 5.41) is 11.2. The summed E-state index contributed by atoms with van der Waals surface area (Å²) in [7, 11) is 0. The minimum absolute atomic E-state index is 0.124. The fraction of sp³-hybridized carbons (Fsp3) is 0.364. The molecule has 0 aliphatic carbocycles. The standard InChI is InChI=1S/C11H11F3N2/c1-2-7(3-4-15)16-11-6-9(13)8(12)5-10(11)14/h5-7,16H,2-3H2,1H3. The monoisotopic (exact) mass is 228 g/mol. The molecular weight excluding hydrogens is 217 g/mol. The number of nitrogens with one attached hydrogen (secondary N) is 1. The van der Waals surface area contributed by atoms with Gasteiger partial charge in [0.15, 0.2) is 11.6 Å². The molecule has 0 bridgehead atoms. The van der Waals surface area contributed by atoms with Crippen molar-refractivity contribution >= 4 is 5.69 Å². The van der Waals surface area contributed by atoms with Gasteiger partial charge in [-0.15, -0.1) is 0 Å². The van der Waals surface area contributed by atoms with Crippen molar-refractivity contribution in [3.05, 3.63) is 29.6 Å². The van der Waals surface area contributed by atoms with Crippen molar-refractivity contribution in [3.8, 4) is 6.07 Å². The van der Waals surface area contributed by atoms with Crippen LogP contribution in [0.1, 0.15) is 19.8 Å². The van der Waals surface area contributed by atoms with Crippen LogP contribution in [0.15, 0.2) is 12.1 Å². The van der Waals surface area contributed by atoms with Gasteiger partial charge in [-0.3, -0.25) is 0 Å². The largest absolute Gasteiger partial charge is 0.379 e. The molecule has 2 nitrogen and oxygen atoms in total. The van der Waals surface area contributed by atoms with E-state index < -0.39 is 17.5 Å². The first-order valence-corrected chi connectivity index (χ1v) is 4.86. The van der Waals surface area contributed by atoms with E-state index in [-0.39, 0.29) is 18.2 Å². The van der Waals surface area contributed by atoms with E-state index in [0.717, 1.165) is 6.07 Å². The van der Waals surface area contributed by atoms with Crippen LogP contribution >= 0.6 is 0 Å². The molecule has 1 atom stereocenters. The van der Waals surface area contributed by atoms with E-state index in [1.807, 2.05) is 13.0 Å². The zero-order chi connectivity index (χ0) is 12.1.